The zero-order valence-corrected chi connectivity index (χ0v) is 13.3. The molecule has 9 heteroatoms. The Kier molecular flexibility index (Phi) is 3.13. The monoisotopic (exact) mass is 352 g/mol. The minimum absolute atomic E-state index is 0.00497. The van der Waals surface area contributed by atoms with E-state index in [1.165, 1.54) is 22.0 Å². The lowest BCUT2D eigenvalue weighted by molar-refractivity contribution is 0.0958. The predicted octanol–water partition coefficient (Wildman–Crippen LogP) is 2.15. The SMILES string of the molecule is [2H]C([2H])([2H])NC(=O)c1nnc(Cl)cc1Nc1csc2ccn(C)c(=O)c12. The van der Waals surface area contributed by atoms with Crippen LogP contribution in [0.15, 0.2) is 28.5 Å². The summed E-state index contributed by atoms with van der Waals surface area (Å²) in [6.45, 7) is -2.68. The van der Waals surface area contributed by atoms with Crippen LogP contribution in [-0.4, -0.2) is 27.6 Å². The summed E-state index contributed by atoms with van der Waals surface area (Å²) in [6, 6.07) is 3.13. The number of hydrogen-bond acceptors (Lipinski definition) is 6. The van der Waals surface area contributed by atoms with Crippen molar-refractivity contribution in [2.24, 2.45) is 7.05 Å². The van der Waals surface area contributed by atoms with Crippen LogP contribution in [-0.2, 0) is 7.05 Å². The number of halogens is 1. The molecule has 0 unspecified atom stereocenters. The summed E-state index contributed by atoms with van der Waals surface area (Å²) in [5.74, 6) is -0.941. The largest absolute Gasteiger partial charge is 0.354 e. The molecular weight excluding hydrogens is 338 g/mol. The van der Waals surface area contributed by atoms with Crippen LogP contribution >= 0.6 is 22.9 Å². The van der Waals surface area contributed by atoms with E-state index in [2.05, 4.69) is 15.5 Å². The molecule has 0 saturated heterocycles. The Balaban J connectivity index is 2.06. The number of thiophene rings is 1. The van der Waals surface area contributed by atoms with Crippen LogP contribution in [0.2, 0.25) is 5.15 Å². The van der Waals surface area contributed by atoms with Gasteiger partial charge in [0.05, 0.1) is 16.8 Å². The smallest absolute Gasteiger partial charge is 0.273 e. The lowest BCUT2D eigenvalue weighted by Crippen LogP contribution is -2.21. The van der Waals surface area contributed by atoms with Crippen LogP contribution in [0.3, 0.4) is 0 Å². The quantitative estimate of drug-likeness (QED) is 0.754. The molecule has 0 aliphatic carbocycles. The number of anilines is 2. The second-order valence-corrected chi connectivity index (χ2v) is 5.93. The molecule has 23 heavy (non-hydrogen) atoms. The maximum absolute atomic E-state index is 12.4. The number of hydrogen-bond donors (Lipinski definition) is 2. The lowest BCUT2D eigenvalue weighted by Gasteiger charge is -2.09. The number of nitrogens with one attached hydrogen (secondary N) is 2. The second-order valence-electron chi connectivity index (χ2n) is 4.63. The van der Waals surface area contributed by atoms with Gasteiger partial charge >= 0.3 is 0 Å². The fourth-order valence-electron chi connectivity index (χ4n) is 2.07. The first-order valence-corrected chi connectivity index (χ1v) is 7.61. The molecule has 0 fully saturated rings. The summed E-state index contributed by atoms with van der Waals surface area (Å²) >= 11 is 7.20. The van der Waals surface area contributed by atoms with E-state index in [0.29, 0.717) is 11.1 Å². The van der Waals surface area contributed by atoms with Crippen LogP contribution < -0.4 is 16.2 Å². The molecule has 3 rings (SSSR count). The van der Waals surface area contributed by atoms with E-state index in [4.69, 9.17) is 15.7 Å². The molecule has 3 aromatic heterocycles. The van der Waals surface area contributed by atoms with Crippen LogP contribution in [0.1, 0.15) is 14.6 Å². The van der Waals surface area contributed by atoms with Gasteiger partial charge in [-0.3, -0.25) is 9.59 Å². The number of carbonyl (C=O) groups is 1. The minimum Gasteiger partial charge on any atom is -0.354 e. The Morgan fingerprint density at radius 3 is 3.04 bits per heavy atom. The Hall–Kier alpha value is -2.45. The van der Waals surface area contributed by atoms with Gasteiger partial charge in [0.15, 0.2) is 10.8 Å². The van der Waals surface area contributed by atoms with Gasteiger partial charge in [0.1, 0.15) is 0 Å². The van der Waals surface area contributed by atoms with Crippen molar-refractivity contribution in [3.05, 3.63) is 44.9 Å². The molecule has 0 aromatic carbocycles. The molecule has 0 aliphatic rings. The molecule has 3 aromatic rings. The zero-order valence-electron chi connectivity index (χ0n) is 14.8. The summed E-state index contributed by atoms with van der Waals surface area (Å²) in [6.07, 6.45) is 1.66. The van der Waals surface area contributed by atoms with Gasteiger partial charge in [0, 0.05) is 40.5 Å². The van der Waals surface area contributed by atoms with Crippen LogP contribution in [0, 0.1) is 0 Å². The zero-order chi connectivity index (χ0) is 19.1. The molecule has 0 radical (unpaired) electrons. The molecule has 2 N–H and O–H groups in total. The van der Waals surface area contributed by atoms with Gasteiger partial charge in [-0.25, -0.2) is 0 Å². The topological polar surface area (TPSA) is 88.9 Å². The Bertz CT molecular complexity index is 1060. The van der Waals surface area contributed by atoms with Crippen molar-refractivity contribution in [3.63, 3.8) is 0 Å². The third-order valence-corrected chi connectivity index (χ3v) is 4.30. The van der Waals surface area contributed by atoms with E-state index in [-0.39, 0.29) is 22.1 Å². The molecule has 0 saturated carbocycles. The molecular formula is C14H12ClN5O2S. The first-order chi connectivity index (χ1) is 12.2. The van der Waals surface area contributed by atoms with Crippen LogP contribution in [0.25, 0.3) is 10.1 Å². The number of pyridine rings is 1. The first-order valence-electron chi connectivity index (χ1n) is 7.85. The van der Waals surface area contributed by atoms with Crippen molar-refractivity contribution in [2.75, 3.05) is 12.3 Å². The normalized spacial score (nSPS) is 13.2. The molecule has 0 bridgehead atoms. The van der Waals surface area contributed by atoms with E-state index < -0.39 is 12.9 Å². The molecule has 0 spiro atoms. The third kappa shape index (κ3) is 2.78. The molecule has 3 heterocycles. The minimum atomic E-state index is -2.68. The number of carbonyl (C=O) groups excluding carboxylic acids is 1. The number of aromatic nitrogens is 3. The number of rotatable bonds is 3. The molecule has 1 amide bonds. The maximum Gasteiger partial charge on any atom is 0.273 e. The van der Waals surface area contributed by atoms with Gasteiger partial charge in [-0.1, -0.05) is 11.6 Å². The summed E-state index contributed by atoms with van der Waals surface area (Å²) in [5.41, 5.74) is 0.126. The van der Waals surface area contributed by atoms with E-state index in [0.717, 1.165) is 4.70 Å². The van der Waals surface area contributed by atoms with E-state index >= 15 is 0 Å². The summed E-state index contributed by atoms with van der Waals surface area (Å²) < 4.78 is 23.6. The van der Waals surface area contributed by atoms with Crippen molar-refractivity contribution < 1.29 is 8.91 Å². The van der Waals surface area contributed by atoms with Gasteiger partial charge in [0.25, 0.3) is 11.5 Å². The fraction of sp³-hybridized carbons (Fsp3) is 0.143. The summed E-state index contributed by atoms with van der Waals surface area (Å²) in [4.78, 5) is 24.6. The number of aryl methyl sites for hydroxylation is 1. The number of nitrogens with zero attached hydrogens (tertiary/aromatic N) is 3. The molecule has 118 valence electrons. The van der Waals surface area contributed by atoms with Crippen molar-refractivity contribution in [3.8, 4) is 0 Å². The second kappa shape index (κ2) is 5.98. The summed E-state index contributed by atoms with van der Waals surface area (Å²) in [7, 11) is 1.63. The van der Waals surface area contributed by atoms with Gasteiger partial charge in [-0.15, -0.1) is 21.5 Å². The standard InChI is InChI=1S/C14H12ClN5O2S/c1-16-13(21)12-7(5-10(15)18-19-12)17-8-6-23-9-3-4-20(2)14(22)11(8)9/h3-6H,1-2H3,(H,16,21)(H,17,18)/i1D3. The predicted molar refractivity (Wildman–Crippen MR) is 90.8 cm³/mol. The Morgan fingerprint density at radius 1 is 1.43 bits per heavy atom. The average Bonchev–Trinajstić information content (AvgIpc) is 2.93. The van der Waals surface area contributed by atoms with Gasteiger partial charge in [0.2, 0.25) is 0 Å². The van der Waals surface area contributed by atoms with Crippen molar-refractivity contribution in [1.82, 2.24) is 20.1 Å². The van der Waals surface area contributed by atoms with E-state index in [1.54, 1.807) is 24.7 Å². The highest BCUT2D eigenvalue weighted by molar-refractivity contribution is 7.17. The van der Waals surface area contributed by atoms with Crippen molar-refractivity contribution >= 4 is 50.3 Å². The van der Waals surface area contributed by atoms with Gasteiger partial charge in [-0.2, -0.15) is 0 Å². The van der Waals surface area contributed by atoms with Crippen molar-refractivity contribution in [1.29, 1.82) is 0 Å². The highest BCUT2D eigenvalue weighted by Crippen LogP contribution is 2.31. The Labute approximate surface area is 144 Å². The highest BCUT2D eigenvalue weighted by atomic mass is 35.5. The van der Waals surface area contributed by atoms with Crippen LogP contribution in [0.4, 0.5) is 11.4 Å². The molecule has 0 aliphatic heterocycles. The van der Waals surface area contributed by atoms with E-state index in [1.807, 2.05) is 5.32 Å². The lowest BCUT2D eigenvalue weighted by atomic mass is 10.2. The summed E-state index contributed by atoms with van der Waals surface area (Å²) in [5, 5.41) is 14.2. The number of amides is 1. The average molecular weight is 353 g/mol. The van der Waals surface area contributed by atoms with Crippen LogP contribution in [0.5, 0.6) is 0 Å². The van der Waals surface area contributed by atoms with E-state index in [9.17, 15) is 9.59 Å². The molecule has 7 nitrogen and oxygen atoms in total. The van der Waals surface area contributed by atoms with Gasteiger partial charge in [-0.05, 0) is 6.07 Å². The number of fused-ring (bicyclic) bond motifs is 1. The fourth-order valence-corrected chi connectivity index (χ4v) is 3.09. The van der Waals surface area contributed by atoms with Gasteiger partial charge < -0.3 is 15.2 Å². The first kappa shape index (κ1) is 12.0. The maximum atomic E-state index is 12.4. The highest BCUT2D eigenvalue weighted by Gasteiger charge is 2.16. The Morgan fingerprint density at radius 2 is 2.26 bits per heavy atom. The van der Waals surface area contributed by atoms with Crippen molar-refractivity contribution in [2.45, 2.75) is 0 Å². The third-order valence-electron chi connectivity index (χ3n) is 3.17. The molecule has 0 atom stereocenters.